The Balaban J connectivity index is 0.768. The quantitative estimate of drug-likeness (QED) is 0.144. The van der Waals surface area contributed by atoms with Gasteiger partial charge in [0, 0.05) is 92.6 Å². The molecular weight excluding hydrogens is 799 g/mol. The van der Waals surface area contributed by atoms with E-state index in [1.807, 2.05) is 65.1 Å². The number of nitrogens with zero attached hydrogens (tertiary/aromatic N) is 10. The van der Waals surface area contributed by atoms with Gasteiger partial charge in [0.05, 0.1) is 23.6 Å². The standard InChI is InChI=1S/C46H53N13O4/c1-28-22-31(6-9-34(28)29(2)51-42(61)43-54-44(55-63-43)46(3,4)5)40-35-23-36(52-41(35)50-27-49-40)32-7-10-37(47-24-32)57-15-12-30(13-16-57)26-56-18-20-58(21-19-56)38-11-8-33(25-48-38)59-17-14-39(60)53-45(59)62/h6-11,22-25,27,29-30H,12-21,26H2,1-5H3,(H,51,61)(H,49,50,52)(H,53,60,62). The van der Waals surface area contributed by atoms with Crippen molar-refractivity contribution in [3.63, 3.8) is 0 Å². The summed E-state index contributed by atoms with van der Waals surface area (Å²) >= 11 is 0. The number of carbonyl (C=O) groups excluding carboxylic acids is 3. The lowest BCUT2D eigenvalue weighted by Gasteiger charge is -2.39. The van der Waals surface area contributed by atoms with Crippen LogP contribution in [0, 0.1) is 12.8 Å². The maximum atomic E-state index is 12.9. The number of aromatic amines is 1. The topological polar surface area (TPSA) is 194 Å². The number of H-pyrrole nitrogens is 1. The van der Waals surface area contributed by atoms with Gasteiger partial charge in [0.25, 0.3) is 0 Å². The SMILES string of the molecule is Cc1cc(-c2ncnc3[nH]c(-c4ccc(N5CCC(CN6CCN(c7ccc(N8CCC(=O)NC8=O)cn7)CC6)CC5)nc4)cc23)ccc1C(C)NC(=O)c1nc(C(C)(C)C)no1. The largest absolute Gasteiger partial charge is 0.357 e. The predicted molar refractivity (Wildman–Crippen MR) is 240 cm³/mol. The van der Waals surface area contributed by atoms with Gasteiger partial charge < -0.3 is 24.6 Å². The molecule has 3 aliphatic rings. The molecule has 1 atom stereocenters. The van der Waals surface area contributed by atoms with E-state index in [1.54, 1.807) is 17.4 Å². The summed E-state index contributed by atoms with van der Waals surface area (Å²) in [6, 6.07) is 15.6. The van der Waals surface area contributed by atoms with Gasteiger partial charge in [-0.15, -0.1) is 0 Å². The third-order valence-corrected chi connectivity index (χ3v) is 12.4. The molecule has 5 aromatic heterocycles. The van der Waals surface area contributed by atoms with Crippen molar-refractivity contribution >= 4 is 46.2 Å². The second-order valence-corrected chi connectivity index (χ2v) is 17.9. The zero-order valence-electron chi connectivity index (χ0n) is 36.4. The van der Waals surface area contributed by atoms with Gasteiger partial charge in [-0.05, 0) is 80.1 Å². The molecule has 17 nitrogen and oxygen atoms in total. The zero-order chi connectivity index (χ0) is 43.8. The van der Waals surface area contributed by atoms with E-state index < -0.39 is 11.9 Å². The smallest absolute Gasteiger partial charge is 0.328 e. The van der Waals surface area contributed by atoms with E-state index in [2.05, 4.69) is 79.7 Å². The van der Waals surface area contributed by atoms with E-state index in [4.69, 9.17) is 9.51 Å². The van der Waals surface area contributed by atoms with E-state index in [-0.39, 0.29) is 23.3 Å². The molecule has 8 heterocycles. The Bertz CT molecular complexity index is 2620. The van der Waals surface area contributed by atoms with E-state index in [9.17, 15) is 14.4 Å². The number of carbonyl (C=O) groups is 3. The first kappa shape index (κ1) is 41.6. The van der Waals surface area contributed by atoms with Crippen molar-refractivity contribution in [3.8, 4) is 22.5 Å². The van der Waals surface area contributed by atoms with Crippen LogP contribution in [0.4, 0.5) is 22.1 Å². The summed E-state index contributed by atoms with van der Waals surface area (Å²) in [4.78, 5) is 72.1. The van der Waals surface area contributed by atoms with Crippen LogP contribution in [-0.2, 0) is 10.2 Å². The highest BCUT2D eigenvalue weighted by molar-refractivity contribution is 6.05. The highest BCUT2D eigenvalue weighted by Gasteiger charge is 2.28. The lowest BCUT2D eigenvalue weighted by molar-refractivity contribution is -0.120. The minimum absolute atomic E-state index is 0.0510. The molecule has 0 saturated carbocycles. The molecule has 0 spiro atoms. The summed E-state index contributed by atoms with van der Waals surface area (Å²) < 4.78 is 5.25. The number of imide groups is 1. The average molecular weight is 852 g/mol. The molecule has 4 amide bonds. The molecule has 63 heavy (non-hydrogen) atoms. The third-order valence-electron chi connectivity index (χ3n) is 12.4. The monoisotopic (exact) mass is 851 g/mol. The van der Waals surface area contributed by atoms with Crippen molar-refractivity contribution in [1.82, 2.24) is 50.6 Å². The van der Waals surface area contributed by atoms with Crippen molar-refractivity contribution in [2.24, 2.45) is 5.92 Å². The molecule has 3 aliphatic heterocycles. The fraction of sp³-hybridized carbons (Fsp3) is 0.413. The van der Waals surface area contributed by atoms with E-state index in [0.717, 1.165) is 115 Å². The van der Waals surface area contributed by atoms with Crippen LogP contribution in [-0.4, -0.2) is 110 Å². The van der Waals surface area contributed by atoms with E-state index >= 15 is 0 Å². The summed E-state index contributed by atoms with van der Waals surface area (Å²) in [5, 5.41) is 10.2. The van der Waals surface area contributed by atoms with Crippen LogP contribution in [0.2, 0.25) is 0 Å². The number of pyridine rings is 2. The Kier molecular flexibility index (Phi) is 11.4. The molecule has 3 saturated heterocycles. The highest BCUT2D eigenvalue weighted by atomic mass is 16.5. The van der Waals surface area contributed by atoms with Gasteiger partial charge in [-0.2, -0.15) is 4.98 Å². The average Bonchev–Trinajstić information content (AvgIpc) is 3.97. The lowest BCUT2D eigenvalue weighted by atomic mass is 9.96. The minimum Gasteiger partial charge on any atom is -0.357 e. The molecule has 3 N–H and O–H groups in total. The number of benzene rings is 1. The summed E-state index contributed by atoms with van der Waals surface area (Å²) in [7, 11) is 0. The van der Waals surface area contributed by atoms with Gasteiger partial charge in [-0.1, -0.05) is 38.1 Å². The Morgan fingerprint density at radius 2 is 1.60 bits per heavy atom. The Morgan fingerprint density at radius 1 is 0.873 bits per heavy atom. The van der Waals surface area contributed by atoms with Crippen molar-refractivity contribution < 1.29 is 18.9 Å². The van der Waals surface area contributed by atoms with E-state index in [1.165, 1.54) is 0 Å². The fourth-order valence-corrected chi connectivity index (χ4v) is 8.73. The first-order valence-electron chi connectivity index (χ1n) is 21.7. The molecule has 326 valence electrons. The van der Waals surface area contributed by atoms with Crippen LogP contribution in [0.1, 0.15) is 80.6 Å². The predicted octanol–water partition coefficient (Wildman–Crippen LogP) is 6.05. The first-order chi connectivity index (χ1) is 30.4. The Hall–Kier alpha value is -6.75. The van der Waals surface area contributed by atoms with Gasteiger partial charge in [0.2, 0.25) is 5.91 Å². The molecular formula is C46H53N13O4. The number of piperidine rings is 1. The first-order valence-corrected chi connectivity index (χ1v) is 21.7. The number of hydrogen-bond donors (Lipinski definition) is 3. The van der Waals surface area contributed by atoms with Crippen LogP contribution >= 0.6 is 0 Å². The van der Waals surface area contributed by atoms with Crippen molar-refractivity contribution in [3.05, 3.63) is 90.1 Å². The number of piperazine rings is 1. The summed E-state index contributed by atoms with van der Waals surface area (Å²) in [5.41, 5.74) is 6.76. The molecule has 3 fully saturated rings. The molecule has 1 aromatic carbocycles. The van der Waals surface area contributed by atoms with Crippen LogP contribution in [0.3, 0.4) is 0 Å². The van der Waals surface area contributed by atoms with Crippen LogP contribution in [0.25, 0.3) is 33.5 Å². The maximum Gasteiger partial charge on any atom is 0.328 e. The molecule has 0 radical (unpaired) electrons. The molecule has 9 rings (SSSR count). The Morgan fingerprint density at radius 3 is 2.27 bits per heavy atom. The number of rotatable bonds is 10. The maximum absolute atomic E-state index is 12.9. The highest BCUT2D eigenvalue weighted by Crippen LogP contribution is 2.33. The van der Waals surface area contributed by atoms with Gasteiger partial charge in [0.1, 0.15) is 23.6 Å². The molecule has 17 heteroatoms. The number of nitrogens with one attached hydrogen (secondary N) is 3. The van der Waals surface area contributed by atoms with Gasteiger partial charge in [-0.25, -0.2) is 24.7 Å². The second-order valence-electron chi connectivity index (χ2n) is 17.9. The number of amides is 4. The summed E-state index contributed by atoms with van der Waals surface area (Å²) in [6.45, 7) is 17.1. The fourth-order valence-electron chi connectivity index (χ4n) is 8.73. The van der Waals surface area contributed by atoms with Crippen LogP contribution < -0.4 is 25.3 Å². The normalized spacial score (nSPS) is 17.3. The number of anilines is 3. The Labute approximate surface area is 365 Å². The minimum atomic E-state index is -0.412. The molecule has 0 bridgehead atoms. The van der Waals surface area contributed by atoms with E-state index in [0.29, 0.717) is 30.4 Å². The zero-order valence-corrected chi connectivity index (χ0v) is 36.4. The van der Waals surface area contributed by atoms with Gasteiger partial charge in [-0.3, -0.25) is 24.7 Å². The third kappa shape index (κ3) is 8.96. The number of fused-ring (bicyclic) bond motifs is 1. The number of aromatic nitrogens is 7. The van der Waals surface area contributed by atoms with Crippen molar-refractivity contribution in [1.29, 1.82) is 0 Å². The number of aryl methyl sites for hydroxylation is 1. The van der Waals surface area contributed by atoms with Crippen molar-refractivity contribution in [2.75, 3.05) is 67.1 Å². The molecule has 1 unspecified atom stereocenters. The lowest BCUT2D eigenvalue weighted by Crippen LogP contribution is -2.50. The second kappa shape index (κ2) is 17.2. The van der Waals surface area contributed by atoms with Crippen LogP contribution in [0.5, 0.6) is 0 Å². The summed E-state index contributed by atoms with van der Waals surface area (Å²) in [5.74, 6) is 2.32. The van der Waals surface area contributed by atoms with Crippen molar-refractivity contribution in [2.45, 2.75) is 65.3 Å². The summed E-state index contributed by atoms with van der Waals surface area (Å²) in [6.07, 6.45) is 7.77. The molecule has 6 aromatic rings. The van der Waals surface area contributed by atoms with Crippen LogP contribution in [0.15, 0.2) is 71.8 Å². The molecule has 0 aliphatic carbocycles. The number of hydrogen-bond acceptors (Lipinski definition) is 13. The van der Waals surface area contributed by atoms with Gasteiger partial charge in [0.15, 0.2) is 5.82 Å². The number of urea groups is 1. The van der Waals surface area contributed by atoms with Gasteiger partial charge >= 0.3 is 17.8 Å².